The number of ether oxygens (including phenoxy) is 1. The summed E-state index contributed by atoms with van der Waals surface area (Å²) in [7, 11) is 0. The molecule has 2 rings (SSSR count). The molecule has 0 saturated heterocycles. The molecule has 0 amide bonds. The van der Waals surface area contributed by atoms with Crippen LogP contribution in [-0.2, 0) is 5.33 Å². The van der Waals surface area contributed by atoms with E-state index < -0.39 is 0 Å². The Morgan fingerprint density at radius 3 is 2.47 bits per heavy atom. The highest BCUT2D eigenvalue weighted by Gasteiger charge is 2.07. The monoisotopic (exact) mass is 330 g/mol. The van der Waals surface area contributed by atoms with Crippen LogP contribution in [0, 0.1) is 0 Å². The molecule has 2 aromatic carbocycles. The Morgan fingerprint density at radius 1 is 1.00 bits per heavy atom. The van der Waals surface area contributed by atoms with Gasteiger partial charge in [-0.05, 0) is 30.3 Å². The van der Waals surface area contributed by atoms with Crippen LogP contribution in [0.2, 0.25) is 10.0 Å². The van der Waals surface area contributed by atoms with E-state index in [9.17, 15) is 0 Å². The van der Waals surface area contributed by atoms with Gasteiger partial charge in [-0.25, -0.2) is 0 Å². The van der Waals surface area contributed by atoms with Crippen LogP contribution in [0.5, 0.6) is 11.5 Å². The topological polar surface area (TPSA) is 9.23 Å². The van der Waals surface area contributed by atoms with Gasteiger partial charge in [-0.2, -0.15) is 0 Å². The highest BCUT2D eigenvalue weighted by atomic mass is 79.9. The smallest absolute Gasteiger partial charge is 0.146 e. The van der Waals surface area contributed by atoms with E-state index in [0.29, 0.717) is 21.1 Å². The quantitative estimate of drug-likeness (QED) is 0.657. The molecule has 0 fully saturated rings. The van der Waals surface area contributed by atoms with Crippen molar-refractivity contribution in [1.29, 1.82) is 0 Å². The largest absolute Gasteiger partial charge is 0.455 e. The Morgan fingerprint density at radius 2 is 1.76 bits per heavy atom. The number of hydrogen-bond acceptors (Lipinski definition) is 1. The van der Waals surface area contributed by atoms with Crippen molar-refractivity contribution < 1.29 is 4.74 Å². The van der Waals surface area contributed by atoms with Crippen LogP contribution in [0.4, 0.5) is 0 Å². The van der Waals surface area contributed by atoms with Crippen LogP contribution >= 0.6 is 39.1 Å². The lowest BCUT2D eigenvalue weighted by Gasteiger charge is -2.11. The number of hydrogen-bond donors (Lipinski definition) is 0. The molecule has 0 aliphatic heterocycles. The third-order valence-electron chi connectivity index (χ3n) is 2.22. The zero-order valence-electron chi connectivity index (χ0n) is 8.79. The first-order valence-corrected chi connectivity index (χ1v) is 6.85. The summed E-state index contributed by atoms with van der Waals surface area (Å²) >= 11 is 15.4. The highest BCUT2D eigenvalue weighted by molar-refractivity contribution is 9.08. The van der Waals surface area contributed by atoms with Gasteiger partial charge in [0.15, 0.2) is 0 Å². The van der Waals surface area contributed by atoms with Gasteiger partial charge < -0.3 is 4.74 Å². The van der Waals surface area contributed by atoms with E-state index >= 15 is 0 Å². The summed E-state index contributed by atoms with van der Waals surface area (Å²) in [6.45, 7) is 0. The average Bonchev–Trinajstić information content (AvgIpc) is 2.34. The number of para-hydroxylation sites is 1. The van der Waals surface area contributed by atoms with Gasteiger partial charge in [-0.3, -0.25) is 0 Å². The molecular formula is C13H9BrCl2O. The van der Waals surface area contributed by atoms with Crippen molar-refractivity contribution in [3.63, 3.8) is 0 Å². The molecular weight excluding hydrogens is 323 g/mol. The Hall–Kier alpha value is -0.700. The van der Waals surface area contributed by atoms with Crippen molar-refractivity contribution in [3.05, 3.63) is 58.1 Å². The van der Waals surface area contributed by atoms with Gasteiger partial charge in [0.25, 0.3) is 0 Å². The fourth-order valence-electron chi connectivity index (χ4n) is 1.40. The summed E-state index contributed by atoms with van der Waals surface area (Å²) in [5.74, 6) is 1.39. The molecule has 0 aromatic heterocycles. The highest BCUT2D eigenvalue weighted by Crippen LogP contribution is 2.32. The molecule has 0 aliphatic rings. The van der Waals surface area contributed by atoms with Gasteiger partial charge >= 0.3 is 0 Å². The predicted molar refractivity (Wildman–Crippen MR) is 75.6 cm³/mol. The van der Waals surface area contributed by atoms with Crippen molar-refractivity contribution in [2.75, 3.05) is 0 Å². The van der Waals surface area contributed by atoms with Crippen molar-refractivity contribution in [2.45, 2.75) is 5.33 Å². The summed E-state index contributed by atoms with van der Waals surface area (Å²) in [5, 5.41) is 1.95. The molecule has 0 atom stereocenters. The van der Waals surface area contributed by atoms with E-state index in [1.165, 1.54) is 0 Å². The molecule has 0 heterocycles. The van der Waals surface area contributed by atoms with Crippen LogP contribution in [-0.4, -0.2) is 0 Å². The SMILES string of the molecule is Clc1ccc(Oc2ccccc2Cl)c(CBr)c1. The normalized spacial score (nSPS) is 10.3. The Labute approximate surface area is 118 Å². The van der Waals surface area contributed by atoms with Gasteiger partial charge in [-0.15, -0.1) is 0 Å². The standard InChI is InChI=1S/C13H9BrCl2O/c14-8-9-7-10(15)5-6-12(9)17-13-4-2-1-3-11(13)16/h1-7H,8H2. The number of benzene rings is 2. The summed E-state index contributed by atoms with van der Waals surface area (Å²) in [6, 6.07) is 12.9. The van der Waals surface area contributed by atoms with E-state index in [1.807, 2.05) is 30.3 Å². The lowest BCUT2D eigenvalue weighted by atomic mass is 10.2. The Balaban J connectivity index is 2.33. The lowest BCUT2D eigenvalue weighted by molar-refractivity contribution is 0.479. The number of alkyl halides is 1. The molecule has 1 nitrogen and oxygen atoms in total. The third kappa shape index (κ3) is 3.15. The molecule has 17 heavy (non-hydrogen) atoms. The molecule has 4 heteroatoms. The molecule has 0 saturated carbocycles. The van der Waals surface area contributed by atoms with Gasteiger partial charge in [-0.1, -0.05) is 51.3 Å². The van der Waals surface area contributed by atoms with Crippen LogP contribution < -0.4 is 4.74 Å². The maximum atomic E-state index is 6.04. The van der Waals surface area contributed by atoms with Gasteiger partial charge in [0.05, 0.1) is 5.02 Å². The van der Waals surface area contributed by atoms with Crippen molar-refractivity contribution in [2.24, 2.45) is 0 Å². The minimum Gasteiger partial charge on any atom is -0.455 e. The summed E-state index contributed by atoms with van der Waals surface area (Å²) < 4.78 is 5.77. The molecule has 0 bridgehead atoms. The maximum Gasteiger partial charge on any atom is 0.146 e. The van der Waals surface area contributed by atoms with E-state index in [1.54, 1.807) is 12.1 Å². The zero-order chi connectivity index (χ0) is 12.3. The van der Waals surface area contributed by atoms with Gasteiger partial charge in [0.1, 0.15) is 11.5 Å². The van der Waals surface area contributed by atoms with Crippen LogP contribution in [0.15, 0.2) is 42.5 Å². The second-order valence-corrected chi connectivity index (χ2v) is 4.82. The second-order valence-electron chi connectivity index (χ2n) is 3.42. The maximum absolute atomic E-state index is 6.04. The minimum atomic E-state index is 0.586. The van der Waals surface area contributed by atoms with E-state index in [-0.39, 0.29) is 0 Å². The first-order chi connectivity index (χ1) is 8.20. The Bertz CT molecular complexity index is 529. The van der Waals surface area contributed by atoms with Crippen molar-refractivity contribution in [3.8, 4) is 11.5 Å². The fourth-order valence-corrected chi connectivity index (χ4v) is 2.21. The molecule has 0 radical (unpaired) electrons. The van der Waals surface area contributed by atoms with E-state index in [2.05, 4.69) is 15.9 Å². The molecule has 0 unspecified atom stereocenters. The van der Waals surface area contributed by atoms with Crippen LogP contribution in [0.1, 0.15) is 5.56 Å². The van der Waals surface area contributed by atoms with E-state index in [0.717, 1.165) is 11.3 Å². The average molecular weight is 332 g/mol. The van der Waals surface area contributed by atoms with E-state index in [4.69, 9.17) is 27.9 Å². The minimum absolute atomic E-state index is 0.586. The van der Waals surface area contributed by atoms with Crippen LogP contribution in [0.3, 0.4) is 0 Å². The molecule has 2 aromatic rings. The van der Waals surface area contributed by atoms with Crippen molar-refractivity contribution in [1.82, 2.24) is 0 Å². The predicted octanol–water partition coefficient (Wildman–Crippen LogP) is 5.68. The summed E-state index contributed by atoms with van der Waals surface area (Å²) in [5.41, 5.74) is 0.984. The summed E-state index contributed by atoms with van der Waals surface area (Å²) in [6.07, 6.45) is 0. The fraction of sp³-hybridized carbons (Fsp3) is 0.0769. The molecule has 88 valence electrons. The second kappa shape index (κ2) is 5.76. The zero-order valence-corrected chi connectivity index (χ0v) is 11.9. The number of rotatable bonds is 3. The van der Waals surface area contributed by atoms with Crippen molar-refractivity contribution >= 4 is 39.1 Å². The number of halogens is 3. The van der Waals surface area contributed by atoms with Gasteiger partial charge in [0.2, 0.25) is 0 Å². The van der Waals surface area contributed by atoms with Gasteiger partial charge in [0, 0.05) is 15.9 Å². The summed E-state index contributed by atoms with van der Waals surface area (Å²) in [4.78, 5) is 0. The first kappa shape index (κ1) is 12.7. The third-order valence-corrected chi connectivity index (χ3v) is 3.37. The molecule has 0 N–H and O–H groups in total. The first-order valence-electron chi connectivity index (χ1n) is 4.97. The molecule has 0 aliphatic carbocycles. The Kier molecular flexibility index (Phi) is 4.32. The molecule has 0 spiro atoms. The lowest BCUT2D eigenvalue weighted by Crippen LogP contribution is -1.90. The van der Waals surface area contributed by atoms with Crippen LogP contribution in [0.25, 0.3) is 0 Å².